The van der Waals surface area contributed by atoms with Crippen LogP contribution in [0.25, 0.3) is 0 Å². The molecule has 0 aliphatic heterocycles. The maximum Gasteiger partial charge on any atom is 0.306 e. The van der Waals surface area contributed by atoms with Gasteiger partial charge in [0.1, 0.15) is 0 Å². The molecule has 0 aliphatic rings. The molecule has 0 bridgehead atoms. The van der Waals surface area contributed by atoms with Crippen molar-refractivity contribution in [3.63, 3.8) is 0 Å². The van der Waals surface area contributed by atoms with Gasteiger partial charge < -0.3 is 4.74 Å². The summed E-state index contributed by atoms with van der Waals surface area (Å²) in [5.74, 6) is -0.157. The van der Waals surface area contributed by atoms with E-state index >= 15 is 0 Å². The van der Waals surface area contributed by atoms with Gasteiger partial charge in [0.15, 0.2) is 0 Å². The van der Waals surface area contributed by atoms with E-state index in [0.29, 0.717) is 24.5 Å². The summed E-state index contributed by atoms with van der Waals surface area (Å²) in [7, 11) is 0. The van der Waals surface area contributed by atoms with Crippen LogP contribution in [-0.2, 0) is 16.0 Å². The molecule has 0 atom stereocenters. The number of benzene rings is 1. The highest BCUT2D eigenvalue weighted by Gasteiger charge is 2.03. The second kappa shape index (κ2) is 5.76. The summed E-state index contributed by atoms with van der Waals surface area (Å²) in [6.07, 6.45) is 1.09. The van der Waals surface area contributed by atoms with E-state index in [1.165, 1.54) is 0 Å². The van der Waals surface area contributed by atoms with E-state index in [1.54, 1.807) is 6.92 Å². The number of halogens is 1. The topological polar surface area (TPSA) is 26.3 Å². The maximum absolute atomic E-state index is 11.1. The van der Waals surface area contributed by atoms with Gasteiger partial charge in [0.2, 0.25) is 0 Å². The van der Waals surface area contributed by atoms with Gasteiger partial charge >= 0.3 is 5.97 Å². The van der Waals surface area contributed by atoms with Gasteiger partial charge in [-0.15, -0.1) is 0 Å². The molecule has 0 spiro atoms. The molecule has 0 amide bonds. The summed E-state index contributed by atoms with van der Waals surface area (Å²) in [4.78, 5) is 11.1. The molecule has 0 heterocycles. The van der Waals surface area contributed by atoms with Gasteiger partial charge in [-0.3, -0.25) is 4.79 Å². The third-order valence-corrected chi connectivity index (χ3v) is 2.24. The van der Waals surface area contributed by atoms with Crippen LogP contribution < -0.4 is 0 Å². The van der Waals surface area contributed by atoms with E-state index in [4.69, 9.17) is 16.3 Å². The van der Waals surface area contributed by atoms with Crippen molar-refractivity contribution in [3.05, 3.63) is 34.3 Å². The standard InChI is InChI=1S/C12H15ClO2/c1-3-15-12(14)5-4-10-6-9(2)7-11(13)8-10/h6-8H,3-5H2,1-2H3. The van der Waals surface area contributed by atoms with Crippen LogP contribution in [0.3, 0.4) is 0 Å². The average molecular weight is 227 g/mol. The Hall–Kier alpha value is -1.02. The summed E-state index contributed by atoms with van der Waals surface area (Å²) in [5, 5.41) is 0.717. The molecule has 0 saturated carbocycles. The zero-order valence-electron chi connectivity index (χ0n) is 9.05. The predicted molar refractivity (Wildman–Crippen MR) is 61.1 cm³/mol. The highest BCUT2D eigenvalue weighted by atomic mass is 35.5. The van der Waals surface area contributed by atoms with Crippen LogP contribution in [0.4, 0.5) is 0 Å². The summed E-state index contributed by atoms with van der Waals surface area (Å²) in [6.45, 7) is 4.23. The number of ether oxygens (including phenoxy) is 1. The van der Waals surface area contributed by atoms with Crippen LogP contribution in [0.15, 0.2) is 18.2 Å². The van der Waals surface area contributed by atoms with Crippen molar-refractivity contribution in [2.75, 3.05) is 6.61 Å². The first kappa shape index (κ1) is 12.1. The lowest BCUT2D eigenvalue weighted by Crippen LogP contribution is -2.05. The van der Waals surface area contributed by atoms with E-state index in [1.807, 2.05) is 25.1 Å². The van der Waals surface area contributed by atoms with Crippen molar-refractivity contribution in [2.24, 2.45) is 0 Å². The minimum Gasteiger partial charge on any atom is -0.466 e. The molecule has 0 fully saturated rings. The molecule has 15 heavy (non-hydrogen) atoms. The number of carbonyl (C=O) groups is 1. The fourth-order valence-electron chi connectivity index (χ4n) is 1.44. The monoisotopic (exact) mass is 226 g/mol. The lowest BCUT2D eigenvalue weighted by atomic mass is 10.1. The summed E-state index contributed by atoms with van der Waals surface area (Å²) < 4.78 is 4.85. The fraction of sp³-hybridized carbons (Fsp3) is 0.417. The molecule has 0 aliphatic carbocycles. The van der Waals surface area contributed by atoms with E-state index in [9.17, 15) is 4.79 Å². The van der Waals surface area contributed by atoms with Crippen molar-refractivity contribution < 1.29 is 9.53 Å². The number of carbonyl (C=O) groups excluding carboxylic acids is 1. The number of hydrogen-bond acceptors (Lipinski definition) is 2. The average Bonchev–Trinajstić information content (AvgIpc) is 2.14. The molecule has 0 N–H and O–H groups in total. The fourth-order valence-corrected chi connectivity index (χ4v) is 1.75. The molecule has 1 rings (SSSR count). The smallest absolute Gasteiger partial charge is 0.306 e. The van der Waals surface area contributed by atoms with Crippen molar-refractivity contribution >= 4 is 17.6 Å². The van der Waals surface area contributed by atoms with Gasteiger partial charge in [-0.05, 0) is 43.5 Å². The zero-order chi connectivity index (χ0) is 11.3. The van der Waals surface area contributed by atoms with Crippen LogP contribution in [0.2, 0.25) is 5.02 Å². The zero-order valence-corrected chi connectivity index (χ0v) is 9.80. The second-order valence-electron chi connectivity index (χ2n) is 3.44. The highest BCUT2D eigenvalue weighted by Crippen LogP contribution is 2.15. The highest BCUT2D eigenvalue weighted by molar-refractivity contribution is 6.30. The lowest BCUT2D eigenvalue weighted by Gasteiger charge is -2.04. The van der Waals surface area contributed by atoms with Crippen molar-refractivity contribution in [1.29, 1.82) is 0 Å². The predicted octanol–water partition coefficient (Wildman–Crippen LogP) is 3.14. The Bertz CT molecular complexity index is 327. The first-order chi connectivity index (χ1) is 7.11. The lowest BCUT2D eigenvalue weighted by molar-refractivity contribution is -0.143. The molecule has 1 aromatic carbocycles. The maximum atomic E-state index is 11.1. The van der Waals surface area contributed by atoms with Gasteiger partial charge in [-0.2, -0.15) is 0 Å². The molecule has 0 unspecified atom stereocenters. The van der Waals surface area contributed by atoms with Gasteiger partial charge in [-0.1, -0.05) is 17.7 Å². The van der Waals surface area contributed by atoms with Crippen LogP contribution in [-0.4, -0.2) is 12.6 Å². The normalized spacial score (nSPS) is 10.1. The largest absolute Gasteiger partial charge is 0.466 e. The quantitative estimate of drug-likeness (QED) is 0.738. The van der Waals surface area contributed by atoms with Crippen molar-refractivity contribution in [2.45, 2.75) is 26.7 Å². The Morgan fingerprint density at radius 2 is 2.13 bits per heavy atom. The molecule has 3 heteroatoms. The summed E-state index contributed by atoms with van der Waals surface area (Å²) >= 11 is 5.91. The van der Waals surface area contributed by atoms with Gasteiger partial charge in [0.25, 0.3) is 0 Å². The van der Waals surface area contributed by atoms with Gasteiger partial charge in [0.05, 0.1) is 6.61 Å². The molecule has 0 saturated heterocycles. The SMILES string of the molecule is CCOC(=O)CCc1cc(C)cc(Cl)c1. The van der Waals surface area contributed by atoms with Gasteiger partial charge in [-0.25, -0.2) is 0 Å². The Kier molecular flexibility index (Phi) is 4.63. The summed E-state index contributed by atoms with van der Waals surface area (Å²) in [6, 6.07) is 5.81. The van der Waals surface area contributed by atoms with Crippen LogP contribution in [0, 0.1) is 6.92 Å². The van der Waals surface area contributed by atoms with Crippen LogP contribution >= 0.6 is 11.6 Å². The minimum atomic E-state index is -0.157. The Labute approximate surface area is 95.2 Å². The molecule has 0 aromatic heterocycles. The molecule has 0 radical (unpaired) electrons. The van der Waals surface area contributed by atoms with Crippen molar-refractivity contribution in [1.82, 2.24) is 0 Å². The molecule has 82 valence electrons. The molecule has 2 nitrogen and oxygen atoms in total. The van der Waals surface area contributed by atoms with Crippen LogP contribution in [0.1, 0.15) is 24.5 Å². The van der Waals surface area contributed by atoms with E-state index in [-0.39, 0.29) is 5.97 Å². The molecular weight excluding hydrogens is 212 g/mol. The first-order valence-electron chi connectivity index (χ1n) is 5.03. The second-order valence-corrected chi connectivity index (χ2v) is 3.88. The minimum absolute atomic E-state index is 0.157. The third kappa shape index (κ3) is 4.34. The number of esters is 1. The van der Waals surface area contributed by atoms with E-state index in [2.05, 4.69) is 0 Å². The Balaban J connectivity index is 2.54. The van der Waals surface area contributed by atoms with Crippen LogP contribution in [0.5, 0.6) is 0 Å². The Morgan fingerprint density at radius 3 is 2.73 bits per heavy atom. The third-order valence-electron chi connectivity index (χ3n) is 2.03. The number of rotatable bonds is 4. The van der Waals surface area contributed by atoms with Gasteiger partial charge in [0, 0.05) is 11.4 Å². The number of aryl methyl sites for hydroxylation is 2. The van der Waals surface area contributed by atoms with E-state index < -0.39 is 0 Å². The molecular formula is C12H15ClO2. The van der Waals surface area contributed by atoms with E-state index in [0.717, 1.165) is 11.1 Å². The Morgan fingerprint density at radius 1 is 1.40 bits per heavy atom. The van der Waals surface area contributed by atoms with Crippen molar-refractivity contribution in [3.8, 4) is 0 Å². The first-order valence-corrected chi connectivity index (χ1v) is 5.41. The number of hydrogen-bond donors (Lipinski definition) is 0. The summed E-state index contributed by atoms with van der Waals surface area (Å²) in [5.41, 5.74) is 2.19. The molecule has 1 aromatic rings.